The summed E-state index contributed by atoms with van der Waals surface area (Å²) in [5.41, 5.74) is -0.585. The van der Waals surface area contributed by atoms with Gasteiger partial charge in [-0.2, -0.15) is 0 Å². The first-order valence-electron chi connectivity index (χ1n) is 6.61. The number of methoxy groups -OCH3 is 1. The van der Waals surface area contributed by atoms with Gasteiger partial charge in [-0.25, -0.2) is 9.59 Å². The molecule has 1 N–H and O–H groups in total. The Morgan fingerprint density at radius 2 is 1.84 bits per heavy atom. The molecular weight excluding hydrogens is 248 g/mol. The monoisotopic (exact) mass is 272 g/mol. The molecule has 1 rings (SSSR count). The molecule has 0 unspecified atom stereocenters. The first-order valence-corrected chi connectivity index (χ1v) is 6.61. The molecule has 0 aliphatic carbocycles. The summed E-state index contributed by atoms with van der Waals surface area (Å²) >= 11 is 0. The highest BCUT2D eigenvalue weighted by Gasteiger charge is 2.27. The van der Waals surface area contributed by atoms with Crippen LogP contribution in [0.2, 0.25) is 0 Å². The average molecular weight is 272 g/mol. The molecule has 0 aromatic carbocycles. The lowest BCUT2D eigenvalue weighted by atomic mass is 10.2. The van der Waals surface area contributed by atoms with Crippen molar-refractivity contribution in [1.29, 1.82) is 0 Å². The predicted molar refractivity (Wildman–Crippen MR) is 70.8 cm³/mol. The average Bonchev–Trinajstić information content (AvgIpc) is 2.77. The van der Waals surface area contributed by atoms with Crippen LogP contribution in [0.15, 0.2) is 0 Å². The molecule has 1 fully saturated rings. The summed E-state index contributed by atoms with van der Waals surface area (Å²) in [7, 11) is 1.32. The van der Waals surface area contributed by atoms with Gasteiger partial charge in [0.05, 0.1) is 7.11 Å². The van der Waals surface area contributed by atoms with E-state index in [1.807, 2.05) is 0 Å². The summed E-state index contributed by atoms with van der Waals surface area (Å²) in [4.78, 5) is 25.5. The molecule has 1 saturated heterocycles. The Hall–Kier alpha value is -1.30. The predicted octanol–water partition coefficient (Wildman–Crippen LogP) is 1.15. The van der Waals surface area contributed by atoms with Crippen molar-refractivity contribution in [2.75, 3.05) is 26.7 Å². The van der Waals surface area contributed by atoms with Gasteiger partial charge in [-0.15, -0.1) is 0 Å². The van der Waals surface area contributed by atoms with Crippen molar-refractivity contribution in [1.82, 2.24) is 10.2 Å². The van der Waals surface area contributed by atoms with Crippen molar-refractivity contribution >= 4 is 12.1 Å². The second kappa shape index (κ2) is 6.75. The van der Waals surface area contributed by atoms with Gasteiger partial charge in [0, 0.05) is 6.54 Å². The van der Waals surface area contributed by atoms with Gasteiger partial charge >= 0.3 is 12.1 Å². The van der Waals surface area contributed by atoms with Crippen LogP contribution >= 0.6 is 0 Å². The van der Waals surface area contributed by atoms with Crippen LogP contribution in [-0.2, 0) is 14.3 Å². The van der Waals surface area contributed by atoms with Gasteiger partial charge in [-0.1, -0.05) is 0 Å². The molecule has 110 valence electrons. The minimum absolute atomic E-state index is 0.447. The van der Waals surface area contributed by atoms with E-state index in [0.717, 1.165) is 25.9 Å². The van der Waals surface area contributed by atoms with Gasteiger partial charge in [0.1, 0.15) is 11.6 Å². The Bertz CT molecular complexity index is 319. The molecule has 0 aromatic rings. The van der Waals surface area contributed by atoms with Crippen molar-refractivity contribution in [2.45, 2.75) is 45.3 Å². The molecule has 19 heavy (non-hydrogen) atoms. The molecule has 1 heterocycles. The normalized spacial score (nSPS) is 17.9. The Balaban J connectivity index is 2.53. The van der Waals surface area contributed by atoms with Gasteiger partial charge in [-0.05, 0) is 46.7 Å². The van der Waals surface area contributed by atoms with Gasteiger partial charge in [0.2, 0.25) is 0 Å². The SMILES string of the molecule is COC(=O)[C@H](CN1CCCC1)NC(=O)OC(C)(C)C. The number of likely N-dealkylation sites (tertiary alicyclic amines) is 1. The first kappa shape index (κ1) is 15.8. The van der Waals surface area contributed by atoms with Crippen molar-refractivity contribution in [3.8, 4) is 0 Å². The summed E-state index contributed by atoms with van der Waals surface area (Å²) in [5.74, 6) is -0.447. The summed E-state index contributed by atoms with van der Waals surface area (Å²) in [6, 6.07) is -0.682. The fraction of sp³-hybridized carbons (Fsp3) is 0.846. The van der Waals surface area contributed by atoms with E-state index < -0.39 is 23.7 Å². The number of hydrogen-bond donors (Lipinski definition) is 1. The fourth-order valence-electron chi connectivity index (χ4n) is 1.99. The fourth-order valence-corrected chi connectivity index (χ4v) is 1.99. The minimum atomic E-state index is -0.682. The first-order chi connectivity index (χ1) is 8.81. The lowest BCUT2D eigenvalue weighted by molar-refractivity contribution is -0.143. The number of nitrogens with zero attached hydrogens (tertiary/aromatic N) is 1. The molecule has 0 saturated carbocycles. The number of carbonyl (C=O) groups is 2. The van der Waals surface area contributed by atoms with Crippen LogP contribution in [0.3, 0.4) is 0 Å². The Labute approximate surface area is 114 Å². The molecular formula is C13H24N2O4. The number of carbonyl (C=O) groups excluding carboxylic acids is 2. The highest BCUT2D eigenvalue weighted by atomic mass is 16.6. The second-order valence-corrected chi connectivity index (χ2v) is 5.73. The molecule has 6 nitrogen and oxygen atoms in total. The van der Waals surface area contributed by atoms with Crippen LogP contribution in [-0.4, -0.2) is 55.3 Å². The smallest absolute Gasteiger partial charge is 0.408 e. The Morgan fingerprint density at radius 1 is 1.26 bits per heavy atom. The van der Waals surface area contributed by atoms with Gasteiger partial charge in [0.15, 0.2) is 0 Å². The summed E-state index contributed by atoms with van der Waals surface area (Å²) in [6.45, 7) is 7.69. The summed E-state index contributed by atoms with van der Waals surface area (Å²) in [6.07, 6.45) is 1.66. The number of esters is 1. The topological polar surface area (TPSA) is 67.9 Å². The standard InChI is InChI=1S/C13H24N2O4/c1-13(2,3)19-12(17)14-10(11(16)18-4)9-15-7-5-6-8-15/h10H,5-9H2,1-4H3,(H,14,17)/t10-/m0/s1. The highest BCUT2D eigenvalue weighted by Crippen LogP contribution is 2.10. The third-order valence-electron chi connectivity index (χ3n) is 2.82. The van der Waals surface area contributed by atoms with Gasteiger partial charge < -0.3 is 19.7 Å². The van der Waals surface area contributed by atoms with Gasteiger partial charge in [0.25, 0.3) is 0 Å². The maximum atomic E-state index is 11.7. The quantitative estimate of drug-likeness (QED) is 0.778. The molecule has 1 aliphatic heterocycles. The van der Waals surface area contributed by atoms with Crippen molar-refractivity contribution in [3.63, 3.8) is 0 Å². The number of rotatable bonds is 4. The zero-order valence-electron chi connectivity index (χ0n) is 12.2. The summed E-state index contributed by atoms with van der Waals surface area (Å²) in [5, 5.41) is 2.57. The third-order valence-corrected chi connectivity index (χ3v) is 2.82. The largest absolute Gasteiger partial charge is 0.467 e. The maximum Gasteiger partial charge on any atom is 0.408 e. The molecule has 1 atom stereocenters. The van der Waals surface area contributed by atoms with Gasteiger partial charge in [-0.3, -0.25) is 0 Å². The van der Waals surface area contributed by atoms with Crippen LogP contribution in [0.25, 0.3) is 0 Å². The van der Waals surface area contributed by atoms with E-state index in [1.54, 1.807) is 20.8 Å². The number of alkyl carbamates (subject to hydrolysis) is 1. The lowest BCUT2D eigenvalue weighted by Crippen LogP contribution is -2.49. The number of amides is 1. The van der Waals surface area contributed by atoms with E-state index in [2.05, 4.69) is 10.2 Å². The molecule has 0 spiro atoms. The minimum Gasteiger partial charge on any atom is -0.467 e. The van der Waals surface area contributed by atoms with E-state index >= 15 is 0 Å². The van der Waals surface area contributed by atoms with E-state index in [1.165, 1.54) is 7.11 Å². The van der Waals surface area contributed by atoms with Crippen LogP contribution in [0, 0.1) is 0 Å². The van der Waals surface area contributed by atoms with Crippen LogP contribution < -0.4 is 5.32 Å². The number of nitrogens with one attached hydrogen (secondary N) is 1. The molecule has 0 bridgehead atoms. The van der Waals surface area contributed by atoms with Crippen molar-refractivity contribution in [2.24, 2.45) is 0 Å². The highest BCUT2D eigenvalue weighted by molar-refractivity contribution is 5.81. The number of ether oxygens (including phenoxy) is 2. The third kappa shape index (κ3) is 5.92. The maximum absolute atomic E-state index is 11.7. The van der Waals surface area contributed by atoms with Crippen LogP contribution in [0.4, 0.5) is 4.79 Å². The zero-order valence-corrected chi connectivity index (χ0v) is 12.2. The molecule has 1 amide bonds. The van der Waals surface area contributed by atoms with E-state index in [4.69, 9.17) is 9.47 Å². The van der Waals surface area contributed by atoms with E-state index in [9.17, 15) is 9.59 Å². The molecule has 6 heteroatoms. The Morgan fingerprint density at radius 3 is 2.32 bits per heavy atom. The van der Waals surface area contributed by atoms with Crippen LogP contribution in [0.5, 0.6) is 0 Å². The van der Waals surface area contributed by atoms with Crippen molar-refractivity contribution < 1.29 is 19.1 Å². The summed E-state index contributed by atoms with van der Waals surface area (Å²) < 4.78 is 9.87. The molecule has 1 aliphatic rings. The lowest BCUT2D eigenvalue weighted by Gasteiger charge is -2.25. The van der Waals surface area contributed by atoms with Crippen molar-refractivity contribution in [3.05, 3.63) is 0 Å². The number of hydrogen-bond acceptors (Lipinski definition) is 5. The Kier molecular flexibility index (Phi) is 5.60. The van der Waals surface area contributed by atoms with E-state index in [0.29, 0.717) is 6.54 Å². The second-order valence-electron chi connectivity index (χ2n) is 5.73. The zero-order chi connectivity index (χ0) is 14.5. The van der Waals surface area contributed by atoms with E-state index in [-0.39, 0.29) is 0 Å². The molecule has 0 aromatic heterocycles. The molecule has 0 radical (unpaired) electrons. The van der Waals surface area contributed by atoms with Crippen LogP contribution in [0.1, 0.15) is 33.6 Å².